The molecule has 17 heavy (non-hydrogen) atoms. The standard InChI is InChI=1S/C10H9Br2ClN4/c1-17-9(10(12)15-16-17)8(14)5-3-2-4-6(11)7(5)13/h2-4,8H,14H2,1H3. The average Bonchev–Trinajstić information content (AvgIpc) is 2.62. The van der Waals surface area contributed by atoms with Gasteiger partial charge in [-0.3, -0.25) is 0 Å². The number of hydrogen-bond acceptors (Lipinski definition) is 3. The van der Waals surface area contributed by atoms with Crippen molar-refractivity contribution in [1.29, 1.82) is 0 Å². The van der Waals surface area contributed by atoms with Crippen molar-refractivity contribution >= 4 is 43.5 Å². The third kappa shape index (κ3) is 2.40. The van der Waals surface area contributed by atoms with Gasteiger partial charge in [-0.2, -0.15) is 0 Å². The van der Waals surface area contributed by atoms with Gasteiger partial charge < -0.3 is 5.73 Å². The first-order chi connectivity index (χ1) is 8.02. The van der Waals surface area contributed by atoms with Crippen molar-refractivity contribution in [1.82, 2.24) is 15.0 Å². The van der Waals surface area contributed by atoms with Crippen LogP contribution in [0.4, 0.5) is 0 Å². The molecule has 2 rings (SSSR count). The minimum absolute atomic E-state index is 0.380. The fraction of sp³-hybridized carbons (Fsp3) is 0.200. The fourth-order valence-electron chi connectivity index (χ4n) is 1.58. The Morgan fingerprint density at radius 2 is 2.12 bits per heavy atom. The lowest BCUT2D eigenvalue weighted by molar-refractivity contribution is 0.651. The van der Waals surface area contributed by atoms with Crippen molar-refractivity contribution in [2.75, 3.05) is 0 Å². The molecule has 1 aromatic carbocycles. The molecule has 0 amide bonds. The zero-order valence-corrected chi connectivity index (χ0v) is 12.8. The summed E-state index contributed by atoms with van der Waals surface area (Å²) in [6.45, 7) is 0. The lowest BCUT2D eigenvalue weighted by atomic mass is 10.1. The Kier molecular flexibility index (Phi) is 3.87. The predicted octanol–water partition coefficient (Wildman–Crippen LogP) is 3.04. The van der Waals surface area contributed by atoms with Crippen LogP contribution in [0.1, 0.15) is 17.3 Å². The highest BCUT2D eigenvalue weighted by Crippen LogP contribution is 2.33. The zero-order chi connectivity index (χ0) is 12.6. The number of aromatic nitrogens is 3. The third-order valence-corrected chi connectivity index (χ3v) is 4.31. The summed E-state index contributed by atoms with van der Waals surface area (Å²) in [5, 5.41) is 8.41. The summed E-state index contributed by atoms with van der Waals surface area (Å²) in [5.41, 5.74) is 7.80. The maximum absolute atomic E-state index is 6.22. The van der Waals surface area contributed by atoms with Crippen molar-refractivity contribution in [2.24, 2.45) is 12.8 Å². The molecular formula is C10H9Br2ClN4. The van der Waals surface area contributed by atoms with Gasteiger partial charge in [0.2, 0.25) is 0 Å². The number of aryl methyl sites for hydroxylation is 1. The molecule has 0 spiro atoms. The highest BCUT2D eigenvalue weighted by atomic mass is 79.9. The molecule has 7 heteroatoms. The molecule has 2 aromatic rings. The van der Waals surface area contributed by atoms with Crippen molar-refractivity contribution in [3.05, 3.63) is 43.6 Å². The summed E-state index contributed by atoms with van der Waals surface area (Å²) in [4.78, 5) is 0. The summed E-state index contributed by atoms with van der Waals surface area (Å²) in [7, 11) is 1.79. The SMILES string of the molecule is Cn1nnc(Br)c1C(N)c1cccc(Br)c1Cl. The fourth-order valence-corrected chi connectivity index (χ4v) is 2.78. The van der Waals surface area contributed by atoms with Gasteiger partial charge in [0.15, 0.2) is 4.60 Å². The summed E-state index contributed by atoms with van der Waals surface area (Å²) >= 11 is 12.9. The van der Waals surface area contributed by atoms with E-state index in [0.29, 0.717) is 9.63 Å². The molecule has 0 aliphatic rings. The smallest absolute Gasteiger partial charge is 0.153 e. The molecule has 0 saturated heterocycles. The van der Waals surface area contributed by atoms with Crippen LogP contribution in [-0.4, -0.2) is 15.0 Å². The lowest BCUT2D eigenvalue weighted by Crippen LogP contribution is -2.17. The van der Waals surface area contributed by atoms with Gasteiger partial charge in [-0.1, -0.05) is 28.9 Å². The van der Waals surface area contributed by atoms with Gasteiger partial charge in [-0.25, -0.2) is 4.68 Å². The van der Waals surface area contributed by atoms with E-state index < -0.39 is 0 Å². The first-order valence-corrected chi connectivity index (χ1v) is 6.73. The Balaban J connectivity index is 2.51. The number of benzene rings is 1. The first kappa shape index (κ1) is 13.0. The van der Waals surface area contributed by atoms with Gasteiger partial charge in [-0.05, 0) is 43.5 Å². The van der Waals surface area contributed by atoms with Crippen LogP contribution < -0.4 is 5.73 Å². The molecule has 4 nitrogen and oxygen atoms in total. The van der Waals surface area contributed by atoms with E-state index in [4.69, 9.17) is 17.3 Å². The van der Waals surface area contributed by atoms with Crippen molar-refractivity contribution < 1.29 is 0 Å². The molecule has 90 valence electrons. The van der Waals surface area contributed by atoms with E-state index in [2.05, 4.69) is 42.2 Å². The van der Waals surface area contributed by atoms with E-state index in [1.807, 2.05) is 18.2 Å². The van der Waals surface area contributed by atoms with E-state index >= 15 is 0 Å². The topological polar surface area (TPSA) is 56.7 Å². The van der Waals surface area contributed by atoms with Gasteiger partial charge in [0.05, 0.1) is 16.8 Å². The van der Waals surface area contributed by atoms with Gasteiger partial charge >= 0.3 is 0 Å². The van der Waals surface area contributed by atoms with Gasteiger partial charge in [-0.15, -0.1) is 5.10 Å². The molecule has 2 N–H and O–H groups in total. The summed E-state index contributed by atoms with van der Waals surface area (Å²) in [5.74, 6) is 0. The van der Waals surface area contributed by atoms with Gasteiger partial charge in [0.1, 0.15) is 0 Å². The van der Waals surface area contributed by atoms with Crippen LogP contribution in [-0.2, 0) is 7.05 Å². The molecule has 1 atom stereocenters. The largest absolute Gasteiger partial charge is 0.319 e. The number of hydrogen-bond donors (Lipinski definition) is 1. The molecule has 1 heterocycles. The van der Waals surface area contributed by atoms with Gasteiger partial charge in [0, 0.05) is 11.5 Å². The second kappa shape index (κ2) is 5.06. The first-order valence-electron chi connectivity index (χ1n) is 4.77. The monoisotopic (exact) mass is 378 g/mol. The molecular weight excluding hydrogens is 371 g/mol. The molecule has 0 aliphatic carbocycles. The lowest BCUT2D eigenvalue weighted by Gasteiger charge is -2.14. The van der Waals surface area contributed by atoms with Crippen molar-refractivity contribution in [3.63, 3.8) is 0 Å². The number of halogens is 3. The maximum Gasteiger partial charge on any atom is 0.153 e. The van der Waals surface area contributed by atoms with E-state index in [-0.39, 0.29) is 6.04 Å². The Labute approximate surface area is 120 Å². The summed E-state index contributed by atoms with van der Waals surface area (Å²) < 4.78 is 3.08. The van der Waals surface area contributed by atoms with E-state index in [9.17, 15) is 0 Å². The summed E-state index contributed by atoms with van der Waals surface area (Å²) in [6, 6.07) is 5.27. The highest BCUT2D eigenvalue weighted by molar-refractivity contribution is 9.10. The minimum atomic E-state index is -0.380. The number of rotatable bonds is 2. The second-order valence-corrected chi connectivity index (χ2v) is 5.49. The normalized spacial score (nSPS) is 12.8. The Bertz CT molecular complexity index is 536. The zero-order valence-electron chi connectivity index (χ0n) is 8.86. The molecule has 1 aromatic heterocycles. The molecule has 0 aliphatic heterocycles. The third-order valence-electron chi connectivity index (χ3n) is 2.44. The minimum Gasteiger partial charge on any atom is -0.319 e. The van der Waals surface area contributed by atoms with Crippen LogP contribution in [0, 0.1) is 0 Å². The molecule has 0 saturated carbocycles. The van der Waals surface area contributed by atoms with Gasteiger partial charge in [0.25, 0.3) is 0 Å². The predicted molar refractivity (Wildman–Crippen MR) is 73.9 cm³/mol. The van der Waals surface area contributed by atoms with Crippen LogP contribution in [0.25, 0.3) is 0 Å². The highest BCUT2D eigenvalue weighted by Gasteiger charge is 2.20. The molecule has 0 radical (unpaired) electrons. The Morgan fingerprint density at radius 1 is 1.41 bits per heavy atom. The number of nitrogens with zero attached hydrogens (tertiary/aromatic N) is 3. The Morgan fingerprint density at radius 3 is 2.71 bits per heavy atom. The van der Waals surface area contributed by atoms with Crippen LogP contribution >= 0.6 is 43.5 Å². The van der Waals surface area contributed by atoms with Crippen LogP contribution in [0.5, 0.6) is 0 Å². The van der Waals surface area contributed by atoms with Crippen molar-refractivity contribution in [2.45, 2.75) is 6.04 Å². The Hall–Kier alpha value is -0.430. The second-order valence-electron chi connectivity index (χ2n) is 3.51. The van der Waals surface area contributed by atoms with Crippen LogP contribution in [0.15, 0.2) is 27.3 Å². The van der Waals surface area contributed by atoms with Crippen LogP contribution in [0.3, 0.4) is 0 Å². The van der Waals surface area contributed by atoms with E-state index in [0.717, 1.165) is 15.7 Å². The van der Waals surface area contributed by atoms with Crippen LogP contribution in [0.2, 0.25) is 5.02 Å². The molecule has 0 bridgehead atoms. The molecule has 1 unspecified atom stereocenters. The quantitative estimate of drug-likeness (QED) is 0.871. The molecule has 0 fully saturated rings. The van der Waals surface area contributed by atoms with Crippen molar-refractivity contribution in [3.8, 4) is 0 Å². The van der Waals surface area contributed by atoms with E-state index in [1.165, 1.54) is 0 Å². The average molecular weight is 380 g/mol. The maximum atomic E-state index is 6.22. The number of nitrogens with two attached hydrogens (primary N) is 1. The summed E-state index contributed by atoms with van der Waals surface area (Å²) in [6.07, 6.45) is 0. The van der Waals surface area contributed by atoms with E-state index in [1.54, 1.807) is 11.7 Å².